The molecular weight excluding hydrogens is 342 g/mol. The summed E-state index contributed by atoms with van der Waals surface area (Å²) in [5.74, 6) is 0.181. The summed E-state index contributed by atoms with van der Waals surface area (Å²) in [7, 11) is 0. The molecule has 1 saturated heterocycles. The number of hydrogen-bond donors (Lipinski definition) is 2. The van der Waals surface area contributed by atoms with Crippen LogP contribution in [-0.4, -0.2) is 56.1 Å². The first-order chi connectivity index (χ1) is 13.0. The standard InChI is InChI=1S/C21H33N3O3/c1-4-27-11-5-8-22-21(26)18-6-9-24(10-7-18)15-20(25)23-19-13-16(2)12-17(3)14-19/h12-14,18H,4-11,15H2,1-3H3,(H,22,26)(H,23,25). The average molecular weight is 376 g/mol. The van der Waals surface area contributed by atoms with E-state index in [0.29, 0.717) is 26.3 Å². The van der Waals surface area contributed by atoms with Gasteiger partial charge in [0.1, 0.15) is 0 Å². The highest BCUT2D eigenvalue weighted by molar-refractivity contribution is 5.92. The second-order valence-electron chi connectivity index (χ2n) is 7.32. The number of nitrogens with zero attached hydrogens (tertiary/aromatic N) is 1. The van der Waals surface area contributed by atoms with Crippen molar-refractivity contribution < 1.29 is 14.3 Å². The summed E-state index contributed by atoms with van der Waals surface area (Å²) in [6.45, 7) is 10.00. The molecule has 1 fully saturated rings. The van der Waals surface area contributed by atoms with Gasteiger partial charge in [-0.3, -0.25) is 14.5 Å². The van der Waals surface area contributed by atoms with Gasteiger partial charge in [-0.25, -0.2) is 0 Å². The van der Waals surface area contributed by atoms with Crippen LogP contribution < -0.4 is 10.6 Å². The van der Waals surface area contributed by atoms with Crippen LogP contribution in [-0.2, 0) is 14.3 Å². The molecule has 6 heteroatoms. The van der Waals surface area contributed by atoms with E-state index in [9.17, 15) is 9.59 Å². The van der Waals surface area contributed by atoms with Crippen LogP contribution in [0.4, 0.5) is 5.69 Å². The van der Waals surface area contributed by atoms with Gasteiger partial charge in [0, 0.05) is 31.4 Å². The first kappa shape index (κ1) is 21.4. The normalized spacial score (nSPS) is 15.5. The molecule has 0 aliphatic carbocycles. The van der Waals surface area contributed by atoms with Crippen molar-refractivity contribution in [1.82, 2.24) is 10.2 Å². The second kappa shape index (κ2) is 11.0. The summed E-state index contributed by atoms with van der Waals surface area (Å²) < 4.78 is 5.27. The molecule has 1 aromatic carbocycles. The van der Waals surface area contributed by atoms with Gasteiger partial charge in [-0.1, -0.05) is 6.07 Å². The predicted octanol–water partition coefficient (Wildman–Crippen LogP) is 2.50. The molecule has 0 unspecified atom stereocenters. The van der Waals surface area contributed by atoms with E-state index in [0.717, 1.165) is 49.2 Å². The highest BCUT2D eigenvalue weighted by atomic mass is 16.5. The maximum Gasteiger partial charge on any atom is 0.238 e. The average Bonchev–Trinajstić information content (AvgIpc) is 2.61. The molecule has 2 N–H and O–H groups in total. The van der Waals surface area contributed by atoms with Gasteiger partial charge in [0.25, 0.3) is 0 Å². The van der Waals surface area contributed by atoms with Crippen molar-refractivity contribution in [2.45, 2.75) is 40.0 Å². The molecule has 0 saturated carbocycles. The van der Waals surface area contributed by atoms with Gasteiger partial charge in [-0.15, -0.1) is 0 Å². The lowest BCUT2D eigenvalue weighted by Gasteiger charge is -2.30. The first-order valence-corrected chi connectivity index (χ1v) is 9.94. The Hall–Kier alpha value is -1.92. The Balaban J connectivity index is 1.67. The molecule has 0 atom stereocenters. The minimum atomic E-state index is -0.00109. The van der Waals surface area contributed by atoms with Crippen LogP contribution in [0.3, 0.4) is 0 Å². The van der Waals surface area contributed by atoms with Crippen molar-refractivity contribution in [3.63, 3.8) is 0 Å². The van der Waals surface area contributed by atoms with Crippen molar-refractivity contribution in [3.05, 3.63) is 29.3 Å². The summed E-state index contributed by atoms with van der Waals surface area (Å²) in [5.41, 5.74) is 3.12. The molecule has 27 heavy (non-hydrogen) atoms. The first-order valence-electron chi connectivity index (χ1n) is 9.94. The van der Waals surface area contributed by atoms with Crippen molar-refractivity contribution in [2.24, 2.45) is 5.92 Å². The Labute approximate surface area is 162 Å². The van der Waals surface area contributed by atoms with Gasteiger partial charge < -0.3 is 15.4 Å². The minimum Gasteiger partial charge on any atom is -0.382 e. The van der Waals surface area contributed by atoms with Crippen LogP contribution in [0.2, 0.25) is 0 Å². The largest absolute Gasteiger partial charge is 0.382 e. The minimum absolute atomic E-state index is 0.00109. The van der Waals surface area contributed by atoms with E-state index in [-0.39, 0.29) is 17.7 Å². The summed E-state index contributed by atoms with van der Waals surface area (Å²) in [4.78, 5) is 26.6. The molecule has 0 aromatic heterocycles. The van der Waals surface area contributed by atoms with E-state index in [4.69, 9.17) is 4.74 Å². The van der Waals surface area contributed by atoms with E-state index in [1.807, 2.05) is 32.9 Å². The number of hydrogen-bond acceptors (Lipinski definition) is 4. The quantitative estimate of drug-likeness (QED) is 0.651. The number of anilines is 1. The van der Waals surface area contributed by atoms with Gasteiger partial charge >= 0.3 is 0 Å². The van der Waals surface area contributed by atoms with Crippen molar-refractivity contribution in [2.75, 3.05) is 44.7 Å². The zero-order valence-electron chi connectivity index (χ0n) is 16.8. The fourth-order valence-electron chi connectivity index (χ4n) is 3.48. The molecule has 2 amide bonds. The molecule has 1 aromatic rings. The summed E-state index contributed by atoms with van der Waals surface area (Å²) in [6, 6.07) is 6.04. The third-order valence-corrected chi connectivity index (χ3v) is 4.80. The van der Waals surface area contributed by atoms with Gasteiger partial charge in [0.15, 0.2) is 0 Å². The molecule has 1 aliphatic heterocycles. The Morgan fingerprint density at radius 3 is 2.44 bits per heavy atom. The van der Waals surface area contributed by atoms with Crippen LogP contribution >= 0.6 is 0 Å². The van der Waals surface area contributed by atoms with Gasteiger partial charge in [-0.05, 0) is 76.4 Å². The zero-order valence-corrected chi connectivity index (χ0v) is 16.8. The predicted molar refractivity (Wildman–Crippen MR) is 108 cm³/mol. The number of likely N-dealkylation sites (tertiary alicyclic amines) is 1. The highest BCUT2D eigenvalue weighted by Crippen LogP contribution is 2.18. The summed E-state index contributed by atoms with van der Waals surface area (Å²) in [5, 5.41) is 5.97. The highest BCUT2D eigenvalue weighted by Gasteiger charge is 2.25. The summed E-state index contributed by atoms with van der Waals surface area (Å²) >= 11 is 0. The van der Waals surface area contributed by atoms with Crippen LogP contribution in [0.25, 0.3) is 0 Å². The van der Waals surface area contributed by atoms with Gasteiger partial charge in [0.05, 0.1) is 6.54 Å². The monoisotopic (exact) mass is 375 g/mol. The van der Waals surface area contributed by atoms with E-state index >= 15 is 0 Å². The molecule has 150 valence electrons. The van der Waals surface area contributed by atoms with Gasteiger partial charge in [-0.2, -0.15) is 0 Å². The molecular formula is C21H33N3O3. The third kappa shape index (κ3) is 7.69. The van der Waals surface area contributed by atoms with Gasteiger partial charge in [0.2, 0.25) is 11.8 Å². The van der Waals surface area contributed by atoms with E-state index in [2.05, 4.69) is 21.6 Å². The SMILES string of the molecule is CCOCCCNC(=O)C1CCN(CC(=O)Nc2cc(C)cc(C)c2)CC1. The maximum absolute atomic E-state index is 12.3. The zero-order chi connectivity index (χ0) is 19.6. The number of carbonyl (C=O) groups excluding carboxylic acids is 2. The number of aryl methyl sites for hydroxylation is 2. The molecule has 6 nitrogen and oxygen atoms in total. The fourth-order valence-corrected chi connectivity index (χ4v) is 3.48. The Morgan fingerprint density at radius 1 is 1.15 bits per heavy atom. The Morgan fingerprint density at radius 2 is 1.81 bits per heavy atom. The topological polar surface area (TPSA) is 70.7 Å². The number of piperidine rings is 1. The molecule has 0 radical (unpaired) electrons. The van der Waals surface area contributed by atoms with Crippen molar-refractivity contribution in [1.29, 1.82) is 0 Å². The number of benzene rings is 1. The lowest BCUT2D eigenvalue weighted by Crippen LogP contribution is -2.43. The number of carbonyl (C=O) groups is 2. The molecule has 2 rings (SSSR count). The Kier molecular flexibility index (Phi) is 8.75. The molecule has 1 heterocycles. The third-order valence-electron chi connectivity index (χ3n) is 4.80. The van der Waals surface area contributed by atoms with Crippen LogP contribution in [0, 0.1) is 19.8 Å². The molecule has 1 aliphatic rings. The number of rotatable bonds is 9. The van der Waals surface area contributed by atoms with E-state index < -0.39 is 0 Å². The van der Waals surface area contributed by atoms with Crippen molar-refractivity contribution >= 4 is 17.5 Å². The fraction of sp³-hybridized carbons (Fsp3) is 0.619. The molecule has 0 bridgehead atoms. The lowest BCUT2D eigenvalue weighted by atomic mass is 9.96. The Bertz CT molecular complexity index is 605. The van der Waals surface area contributed by atoms with Crippen LogP contribution in [0.5, 0.6) is 0 Å². The lowest BCUT2D eigenvalue weighted by molar-refractivity contribution is -0.126. The maximum atomic E-state index is 12.3. The molecule has 0 spiro atoms. The summed E-state index contributed by atoms with van der Waals surface area (Å²) in [6.07, 6.45) is 2.44. The second-order valence-corrected chi connectivity index (χ2v) is 7.32. The number of amides is 2. The van der Waals surface area contributed by atoms with E-state index in [1.54, 1.807) is 0 Å². The smallest absolute Gasteiger partial charge is 0.238 e. The number of nitrogens with one attached hydrogen (secondary N) is 2. The number of ether oxygens (including phenoxy) is 1. The van der Waals surface area contributed by atoms with Crippen molar-refractivity contribution in [3.8, 4) is 0 Å². The van der Waals surface area contributed by atoms with E-state index in [1.165, 1.54) is 0 Å². The van der Waals surface area contributed by atoms with Crippen LogP contribution in [0.1, 0.15) is 37.3 Å². The van der Waals surface area contributed by atoms with Crippen LogP contribution in [0.15, 0.2) is 18.2 Å².